The number of urea groups is 1. The number of hydrogen-bond donors (Lipinski definition) is 3. The average Bonchev–Trinajstić information content (AvgIpc) is 2.67. The van der Waals surface area contributed by atoms with Crippen LogP contribution in [0.25, 0.3) is 0 Å². The predicted octanol–water partition coefficient (Wildman–Crippen LogP) is 3.63. The van der Waals surface area contributed by atoms with Gasteiger partial charge in [0.25, 0.3) is 5.91 Å². The molecule has 3 amide bonds. The maximum absolute atomic E-state index is 12.4. The summed E-state index contributed by atoms with van der Waals surface area (Å²) in [6, 6.07) is 13.2. The number of benzene rings is 2. The Labute approximate surface area is 170 Å². The summed E-state index contributed by atoms with van der Waals surface area (Å²) in [7, 11) is 0. The number of carbonyl (C=O) groups excluding carboxylic acids is 3. The SMILES string of the molecule is Cc1ccc(C)c(NC(=O)COC(=O)[C@@H](NC(=O)Nc2ccccc2)C(C)C)c1. The first-order valence-electron chi connectivity index (χ1n) is 9.42. The molecule has 7 nitrogen and oxygen atoms in total. The highest BCUT2D eigenvalue weighted by atomic mass is 16.5. The zero-order valence-electron chi connectivity index (χ0n) is 17.1. The van der Waals surface area contributed by atoms with E-state index in [0.717, 1.165) is 11.1 Å². The van der Waals surface area contributed by atoms with Crippen LogP contribution < -0.4 is 16.0 Å². The standard InChI is InChI=1S/C22H27N3O4/c1-14(2)20(25-22(28)23-17-8-6-5-7-9-17)21(27)29-13-19(26)24-18-12-15(3)10-11-16(18)4/h5-12,14,20H,13H2,1-4H3,(H,24,26)(H2,23,25,28)/t20-/m0/s1. The first-order chi connectivity index (χ1) is 13.8. The molecule has 2 aromatic rings. The molecule has 0 bridgehead atoms. The fourth-order valence-electron chi connectivity index (χ4n) is 2.61. The molecule has 1 atom stereocenters. The molecule has 0 saturated carbocycles. The molecular formula is C22H27N3O4. The number of rotatable bonds is 7. The summed E-state index contributed by atoms with van der Waals surface area (Å²) >= 11 is 0. The number of carbonyl (C=O) groups is 3. The highest BCUT2D eigenvalue weighted by Gasteiger charge is 2.26. The molecule has 0 aliphatic carbocycles. The molecule has 0 heterocycles. The van der Waals surface area contributed by atoms with E-state index in [9.17, 15) is 14.4 Å². The molecule has 7 heteroatoms. The second kappa shape index (κ2) is 10.3. The van der Waals surface area contributed by atoms with Gasteiger partial charge >= 0.3 is 12.0 Å². The molecule has 0 aliphatic heterocycles. The molecule has 2 rings (SSSR count). The van der Waals surface area contributed by atoms with E-state index in [1.807, 2.05) is 38.1 Å². The lowest BCUT2D eigenvalue weighted by atomic mass is 10.1. The fourth-order valence-corrected chi connectivity index (χ4v) is 2.61. The van der Waals surface area contributed by atoms with Crippen molar-refractivity contribution in [3.05, 3.63) is 59.7 Å². The normalized spacial score (nSPS) is 11.5. The topological polar surface area (TPSA) is 96.5 Å². The van der Waals surface area contributed by atoms with Gasteiger partial charge in [0.15, 0.2) is 6.61 Å². The van der Waals surface area contributed by atoms with Gasteiger partial charge in [-0.25, -0.2) is 9.59 Å². The van der Waals surface area contributed by atoms with Crippen LogP contribution >= 0.6 is 0 Å². The highest BCUT2D eigenvalue weighted by Crippen LogP contribution is 2.16. The van der Waals surface area contributed by atoms with Crippen molar-refractivity contribution in [2.24, 2.45) is 5.92 Å². The Bertz CT molecular complexity index is 866. The maximum atomic E-state index is 12.4. The predicted molar refractivity (Wildman–Crippen MR) is 113 cm³/mol. The average molecular weight is 397 g/mol. The number of ether oxygens (including phenoxy) is 1. The van der Waals surface area contributed by atoms with Crippen molar-refractivity contribution >= 4 is 29.3 Å². The summed E-state index contributed by atoms with van der Waals surface area (Å²) in [5.41, 5.74) is 3.20. The van der Waals surface area contributed by atoms with Crippen molar-refractivity contribution in [3.8, 4) is 0 Å². The Kier molecular flexibility index (Phi) is 7.77. The van der Waals surface area contributed by atoms with Gasteiger partial charge in [-0.3, -0.25) is 4.79 Å². The van der Waals surface area contributed by atoms with Crippen LogP contribution in [0.4, 0.5) is 16.2 Å². The van der Waals surface area contributed by atoms with Crippen LogP contribution in [0.2, 0.25) is 0 Å². The van der Waals surface area contributed by atoms with Gasteiger partial charge in [-0.15, -0.1) is 0 Å². The molecule has 0 aliphatic rings. The van der Waals surface area contributed by atoms with Crippen molar-refractivity contribution in [2.45, 2.75) is 33.7 Å². The molecule has 0 fully saturated rings. The van der Waals surface area contributed by atoms with Gasteiger partial charge in [0.05, 0.1) is 0 Å². The number of nitrogens with one attached hydrogen (secondary N) is 3. The minimum Gasteiger partial charge on any atom is -0.454 e. The van der Waals surface area contributed by atoms with Crippen LogP contribution in [0, 0.1) is 19.8 Å². The molecular weight excluding hydrogens is 370 g/mol. The lowest BCUT2D eigenvalue weighted by Gasteiger charge is -2.21. The summed E-state index contributed by atoms with van der Waals surface area (Å²) in [5, 5.41) is 7.98. The number of anilines is 2. The van der Waals surface area contributed by atoms with E-state index in [4.69, 9.17) is 4.74 Å². The van der Waals surface area contributed by atoms with E-state index in [1.54, 1.807) is 38.1 Å². The van der Waals surface area contributed by atoms with Gasteiger partial charge < -0.3 is 20.7 Å². The van der Waals surface area contributed by atoms with E-state index in [0.29, 0.717) is 11.4 Å². The van der Waals surface area contributed by atoms with E-state index in [2.05, 4.69) is 16.0 Å². The van der Waals surface area contributed by atoms with Crippen molar-refractivity contribution in [1.29, 1.82) is 0 Å². The lowest BCUT2D eigenvalue weighted by Crippen LogP contribution is -2.47. The third-order valence-electron chi connectivity index (χ3n) is 4.25. The zero-order valence-corrected chi connectivity index (χ0v) is 17.1. The van der Waals surface area contributed by atoms with Gasteiger partial charge in [-0.2, -0.15) is 0 Å². The third kappa shape index (κ3) is 6.95. The van der Waals surface area contributed by atoms with Crippen LogP contribution in [0.5, 0.6) is 0 Å². The second-order valence-corrected chi connectivity index (χ2v) is 7.16. The molecule has 0 saturated heterocycles. The largest absolute Gasteiger partial charge is 0.454 e. The first-order valence-corrected chi connectivity index (χ1v) is 9.42. The van der Waals surface area contributed by atoms with E-state index < -0.39 is 30.6 Å². The van der Waals surface area contributed by atoms with E-state index in [-0.39, 0.29) is 5.92 Å². The number of para-hydroxylation sites is 1. The smallest absolute Gasteiger partial charge is 0.329 e. The molecule has 0 radical (unpaired) electrons. The number of hydrogen-bond acceptors (Lipinski definition) is 4. The van der Waals surface area contributed by atoms with Gasteiger partial charge in [0, 0.05) is 11.4 Å². The monoisotopic (exact) mass is 397 g/mol. The highest BCUT2D eigenvalue weighted by molar-refractivity contribution is 5.95. The molecule has 0 aromatic heterocycles. The molecule has 3 N–H and O–H groups in total. The summed E-state index contributed by atoms with van der Waals surface area (Å²) in [6.45, 7) is 6.94. The summed E-state index contributed by atoms with van der Waals surface area (Å²) in [6.07, 6.45) is 0. The zero-order chi connectivity index (χ0) is 21.4. The van der Waals surface area contributed by atoms with E-state index in [1.165, 1.54) is 0 Å². The van der Waals surface area contributed by atoms with Crippen LogP contribution in [0.15, 0.2) is 48.5 Å². The number of amides is 3. The molecule has 0 unspecified atom stereocenters. The molecule has 0 spiro atoms. The Morgan fingerprint density at radius 1 is 0.966 bits per heavy atom. The van der Waals surface area contributed by atoms with Crippen LogP contribution in [0.1, 0.15) is 25.0 Å². The second-order valence-electron chi connectivity index (χ2n) is 7.16. The van der Waals surface area contributed by atoms with Crippen LogP contribution in [0.3, 0.4) is 0 Å². The van der Waals surface area contributed by atoms with Crippen LogP contribution in [-0.2, 0) is 14.3 Å². The fraction of sp³-hybridized carbons (Fsp3) is 0.318. The van der Waals surface area contributed by atoms with Crippen molar-refractivity contribution in [3.63, 3.8) is 0 Å². The minimum absolute atomic E-state index is 0.217. The Morgan fingerprint density at radius 2 is 1.66 bits per heavy atom. The minimum atomic E-state index is -0.882. The summed E-state index contributed by atoms with van der Waals surface area (Å²) < 4.78 is 5.13. The Morgan fingerprint density at radius 3 is 2.31 bits per heavy atom. The third-order valence-corrected chi connectivity index (χ3v) is 4.25. The maximum Gasteiger partial charge on any atom is 0.329 e. The quantitative estimate of drug-likeness (QED) is 0.622. The number of esters is 1. The van der Waals surface area contributed by atoms with Crippen molar-refractivity contribution in [1.82, 2.24) is 5.32 Å². The Balaban J connectivity index is 1.89. The van der Waals surface area contributed by atoms with Crippen molar-refractivity contribution < 1.29 is 19.1 Å². The summed E-state index contributed by atoms with van der Waals surface area (Å²) in [5.74, 6) is -1.33. The van der Waals surface area contributed by atoms with E-state index >= 15 is 0 Å². The van der Waals surface area contributed by atoms with Crippen LogP contribution in [-0.4, -0.2) is 30.6 Å². The van der Waals surface area contributed by atoms with Gasteiger partial charge in [0.2, 0.25) is 0 Å². The van der Waals surface area contributed by atoms with Crippen molar-refractivity contribution in [2.75, 3.05) is 17.2 Å². The lowest BCUT2D eigenvalue weighted by molar-refractivity contribution is -0.150. The molecule has 2 aromatic carbocycles. The first kappa shape index (κ1) is 21.9. The molecule has 29 heavy (non-hydrogen) atoms. The van der Waals surface area contributed by atoms with Gasteiger partial charge in [0.1, 0.15) is 6.04 Å². The molecule has 154 valence electrons. The number of aryl methyl sites for hydroxylation is 2. The van der Waals surface area contributed by atoms with Gasteiger partial charge in [-0.05, 0) is 49.1 Å². The van der Waals surface area contributed by atoms with Gasteiger partial charge in [-0.1, -0.05) is 44.2 Å². The summed E-state index contributed by atoms with van der Waals surface area (Å²) in [4.78, 5) is 36.7. The Hall–Kier alpha value is -3.35.